The second-order valence-corrected chi connectivity index (χ2v) is 5.81. The zero-order valence-corrected chi connectivity index (χ0v) is 11.7. The molecule has 0 atom stereocenters. The lowest BCUT2D eigenvalue weighted by Gasteiger charge is -2.18. The van der Waals surface area contributed by atoms with Crippen LogP contribution in [0.1, 0.15) is 26.6 Å². The first-order valence-corrected chi connectivity index (χ1v) is 6.25. The minimum atomic E-state index is -0.622. The normalized spacial score (nSPS) is 11.6. The first-order valence-electron chi connectivity index (χ1n) is 5.84. The smallest absolute Gasteiger partial charge is 0.130 e. The topological polar surface area (TPSA) is 28.7 Å². The number of halogens is 2. The first-order chi connectivity index (χ1) is 8.75. The third-order valence-electron chi connectivity index (χ3n) is 2.63. The van der Waals surface area contributed by atoms with Gasteiger partial charge in [0.05, 0.1) is 0 Å². The Morgan fingerprint density at radius 3 is 2.16 bits per heavy atom. The summed E-state index contributed by atoms with van der Waals surface area (Å²) < 4.78 is 26.9. The van der Waals surface area contributed by atoms with E-state index in [1.54, 1.807) is 6.07 Å². The second-order valence-electron chi connectivity index (χ2n) is 5.39. The molecule has 19 heavy (non-hydrogen) atoms. The van der Waals surface area contributed by atoms with Crippen LogP contribution in [0.4, 0.5) is 8.78 Å². The molecule has 2 aromatic rings. The van der Waals surface area contributed by atoms with Crippen LogP contribution in [0, 0.1) is 16.3 Å². The van der Waals surface area contributed by atoms with Crippen LogP contribution in [0.25, 0.3) is 11.3 Å². The monoisotopic (exact) mass is 280 g/mol. The summed E-state index contributed by atoms with van der Waals surface area (Å²) in [4.78, 5) is 7.33. The van der Waals surface area contributed by atoms with Gasteiger partial charge in [-0.05, 0) is 18.2 Å². The van der Waals surface area contributed by atoms with Crippen molar-refractivity contribution >= 4 is 12.2 Å². The molecular weight excluding hydrogens is 266 g/mol. The Balaban J connectivity index is 2.63. The lowest BCUT2D eigenvalue weighted by atomic mass is 9.95. The Morgan fingerprint density at radius 2 is 1.63 bits per heavy atom. The average molecular weight is 280 g/mol. The summed E-state index contributed by atoms with van der Waals surface area (Å²) in [5.74, 6) is -0.563. The minimum Gasteiger partial charge on any atom is -0.343 e. The van der Waals surface area contributed by atoms with Gasteiger partial charge in [0.1, 0.15) is 22.1 Å². The Hall–Kier alpha value is -1.62. The molecule has 0 aliphatic heterocycles. The predicted molar refractivity (Wildman–Crippen MR) is 73.5 cm³/mol. The number of benzene rings is 1. The number of H-pyrrole nitrogens is 1. The van der Waals surface area contributed by atoms with Crippen molar-refractivity contribution in [1.82, 2.24) is 9.97 Å². The second kappa shape index (κ2) is 4.81. The highest BCUT2D eigenvalue weighted by Gasteiger charge is 2.17. The van der Waals surface area contributed by atoms with Gasteiger partial charge in [0.15, 0.2) is 0 Å². The summed E-state index contributed by atoms with van der Waals surface area (Å²) in [5, 5.41) is 0. The van der Waals surface area contributed by atoms with Crippen molar-refractivity contribution in [2.75, 3.05) is 0 Å². The van der Waals surface area contributed by atoms with E-state index in [0.717, 1.165) is 6.07 Å². The molecule has 0 radical (unpaired) electrons. The maximum atomic E-state index is 13.3. The van der Waals surface area contributed by atoms with Gasteiger partial charge in [0.2, 0.25) is 0 Å². The van der Waals surface area contributed by atoms with E-state index in [0.29, 0.717) is 21.7 Å². The Kier molecular flexibility index (Phi) is 3.49. The summed E-state index contributed by atoms with van der Waals surface area (Å²) in [5.41, 5.74) is 0.745. The van der Waals surface area contributed by atoms with Gasteiger partial charge in [-0.1, -0.05) is 33.0 Å². The molecule has 2 nitrogen and oxygen atoms in total. The van der Waals surface area contributed by atoms with Crippen molar-refractivity contribution in [3.8, 4) is 11.3 Å². The molecule has 0 amide bonds. The molecule has 5 heteroatoms. The van der Waals surface area contributed by atoms with Crippen LogP contribution in [0.5, 0.6) is 0 Å². The first kappa shape index (κ1) is 13.8. The zero-order valence-electron chi connectivity index (χ0n) is 10.9. The van der Waals surface area contributed by atoms with Gasteiger partial charge in [-0.15, -0.1) is 0 Å². The quantitative estimate of drug-likeness (QED) is 0.785. The van der Waals surface area contributed by atoms with Gasteiger partial charge >= 0.3 is 0 Å². The van der Waals surface area contributed by atoms with Crippen molar-refractivity contribution < 1.29 is 8.78 Å². The van der Waals surface area contributed by atoms with Crippen molar-refractivity contribution in [2.24, 2.45) is 0 Å². The van der Waals surface area contributed by atoms with Crippen molar-refractivity contribution in [1.29, 1.82) is 0 Å². The van der Waals surface area contributed by atoms with E-state index >= 15 is 0 Å². The molecule has 0 unspecified atom stereocenters. The molecule has 0 aliphatic carbocycles. The molecule has 0 saturated carbocycles. The molecular formula is C14H14F2N2S. The highest BCUT2D eigenvalue weighted by molar-refractivity contribution is 7.71. The van der Waals surface area contributed by atoms with Gasteiger partial charge in [0.25, 0.3) is 0 Å². The maximum absolute atomic E-state index is 13.3. The van der Waals surface area contributed by atoms with Gasteiger partial charge in [0, 0.05) is 22.7 Å². The van der Waals surface area contributed by atoms with Crippen molar-refractivity contribution in [3.05, 3.63) is 46.4 Å². The van der Waals surface area contributed by atoms with Gasteiger partial charge in [-0.3, -0.25) is 0 Å². The van der Waals surface area contributed by atoms with Crippen LogP contribution in [0.15, 0.2) is 24.3 Å². The van der Waals surface area contributed by atoms with Crippen molar-refractivity contribution in [3.63, 3.8) is 0 Å². The molecule has 100 valence electrons. The van der Waals surface area contributed by atoms with Crippen molar-refractivity contribution in [2.45, 2.75) is 26.2 Å². The van der Waals surface area contributed by atoms with E-state index in [4.69, 9.17) is 12.2 Å². The fourth-order valence-electron chi connectivity index (χ4n) is 1.68. The third-order valence-corrected chi connectivity index (χ3v) is 2.84. The number of nitrogens with one attached hydrogen (secondary N) is 1. The number of hydrogen-bond acceptors (Lipinski definition) is 2. The number of nitrogens with zero attached hydrogens (tertiary/aromatic N) is 1. The summed E-state index contributed by atoms with van der Waals surface area (Å²) in [7, 11) is 0. The molecule has 0 bridgehead atoms. The molecule has 0 aliphatic rings. The van der Waals surface area contributed by atoms with Gasteiger partial charge < -0.3 is 4.98 Å². The summed E-state index contributed by atoms with van der Waals surface area (Å²) in [6.45, 7) is 5.95. The minimum absolute atomic E-state index is 0.227. The molecule has 1 aromatic heterocycles. The van der Waals surface area contributed by atoms with E-state index in [1.807, 2.05) is 20.8 Å². The largest absolute Gasteiger partial charge is 0.343 e. The van der Waals surface area contributed by atoms with E-state index in [-0.39, 0.29) is 5.41 Å². The maximum Gasteiger partial charge on any atom is 0.130 e. The van der Waals surface area contributed by atoms with Gasteiger partial charge in [-0.2, -0.15) is 0 Å². The SMILES string of the molecule is CC(C)(C)c1nc(=S)cc(-c2cc(F)cc(F)c2)[nH]1. The summed E-state index contributed by atoms with van der Waals surface area (Å²) in [6.07, 6.45) is 0. The third kappa shape index (κ3) is 3.23. The lowest BCUT2D eigenvalue weighted by molar-refractivity contribution is 0.545. The van der Waals surface area contributed by atoms with Crippen LogP contribution in [-0.2, 0) is 5.41 Å². The van der Waals surface area contributed by atoms with E-state index in [1.165, 1.54) is 12.1 Å². The Bertz CT molecular complexity index is 652. The Morgan fingerprint density at radius 1 is 1.05 bits per heavy atom. The van der Waals surface area contributed by atoms with E-state index < -0.39 is 11.6 Å². The highest BCUT2D eigenvalue weighted by atomic mass is 32.1. The molecule has 1 N–H and O–H groups in total. The zero-order chi connectivity index (χ0) is 14.2. The van der Waals surface area contributed by atoms with E-state index in [2.05, 4.69) is 9.97 Å². The molecule has 2 rings (SSSR count). The predicted octanol–water partition coefficient (Wildman–Crippen LogP) is 4.38. The lowest BCUT2D eigenvalue weighted by Crippen LogP contribution is -2.16. The number of aromatic amines is 1. The summed E-state index contributed by atoms with van der Waals surface area (Å²) in [6, 6.07) is 4.95. The Labute approximate surface area is 115 Å². The standard InChI is InChI=1S/C14H14F2N2S/c1-14(2,3)13-17-11(7-12(19)18-13)8-4-9(15)6-10(16)5-8/h4-7H,1-3H3,(H,17,18,19). The average Bonchev–Trinajstić information content (AvgIpc) is 2.25. The van der Waals surface area contributed by atoms with Gasteiger partial charge in [-0.25, -0.2) is 13.8 Å². The number of aromatic nitrogens is 2. The van der Waals surface area contributed by atoms with Crippen LogP contribution in [0.3, 0.4) is 0 Å². The molecule has 1 heterocycles. The fraction of sp³-hybridized carbons (Fsp3) is 0.286. The fourth-order valence-corrected chi connectivity index (χ4v) is 1.89. The summed E-state index contributed by atoms with van der Waals surface area (Å²) >= 11 is 5.10. The molecule has 0 spiro atoms. The van der Waals surface area contributed by atoms with Crippen LogP contribution >= 0.6 is 12.2 Å². The van der Waals surface area contributed by atoms with Crippen LogP contribution in [-0.4, -0.2) is 9.97 Å². The number of rotatable bonds is 1. The molecule has 0 fully saturated rings. The molecule has 1 aromatic carbocycles. The molecule has 0 saturated heterocycles. The highest BCUT2D eigenvalue weighted by Crippen LogP contribution is 2.24. The number of hydrogen-bond donors (Lipinski definition) is 1. The van der Waals surface area contributed by atoms with Crippen LogP contribution in [0.2, 0.25) is 0 Å². The van der Waals surface area contributed by atoms with Crippen LogP contribution < -0.4 is 0 Å². The van der Waals surface area contributed by atoms with E-state index in [9.17, 15) is 8.78 Å².